The van der Waals surface area contributed by atoms with Crippen LogP contribution in [0.2, 0.25) is 5.02 Å². The Morgan fingerprint density at radius 3 is 2.65 bits per heavy atom. The van der Waals surface area contributed by atoms with Crippen LogP contribution in [-0.4, -0.2) is 9.55 Å². The molecule has 0 aliphatic carbocycles. The van der Waals surface area contributed by atoms with Gasteiger partial charge < -0.3 is 5.73 Å². The molecule has 0 bridgehead atoms. The molecule has 0 aliphatic rings. The van der Waals surface area contributed by atoms with Crippen LogP contribution in [0.5, 0.6) is 0 Å². The van der Waals surface area contributed by atoms with E-state index in [0.717, 1.165) is 0 Å². The molecule has 1 heterocycles. The van der Waals surface area contributed by atoms with Gasteiger partial charge in [0.05, 0.1) is 16.4 Å². The molecule has 0 radical (unpaired) electrons. The topological polar surface area (TPSA) is 91.4 Å². The van der Waals surface area contributed by atoms with Gasteiger partial charge in [-0.05, 0) is 12.1 Å². The van der Waals surface area contributed by atoms with E-state index in [4.69, 9.17) is 27.9 Å². The summed E-state index contributed by atoms with van der Waals surface area (Å²) in [4.78, 5) is 3.83. The summed E-state index contributed by atoms with van der Waals surface area (Å²) in [6.07, 6.45) is 1.36. The highest BCUT2D eigenvalue weighted by Gasteiger charge is 2.15. The molecular weight excluding hydrogens is 238 g/mol. The predicted octanol–water partition coefficient (Wildman–Crippen LogP) is 1.85. The minimum absolute atomic E-state index is 0.0480. The third-order valence-electron chi connectivity index (χ3n) is 2.24. The zero-order chi connectivity index (χ0) is 12.4. The van der Waals surface area contributed by atoms with Gasteiger partial charge in [-0.15, -0.1) is 0 Å². The molecule has 17 heavy (non-hydrogen) atoms. The van der Waals surface area contributed by atoms with Gasteiger partial charge in [0.1, 0.15) is 18.5 Å². The average Bonchev–Trinajstić information content (AvgIpc) is 2.71. The van der Waals surface area contributed by atoms with Crippen LogP contribution in [0.15, 0.2) is 24.5 Å². The van der Waals surface area contributed by atoms with Crippen LogP contribution in [0, 0.1) is 22.7 Å². The van der Waals surface area contributed by atoms with Gasteiger partial charge >= 0.3 is 0 Å². The summed E-state index contributed by atoms with van der Waals surface area (Å²) >= 11 is 6.02. The van der Waals surface area contributed by atoms with E-state index in [-0.39, 0.29) is 11.4 Å². The Morgan fingerprint density at radius 1 is 1.29 bits per heavy atom. The molecule has 0 amide bonds. The lowest BCUT2D eigenvalue weighted by atomic mass is 10.2. The van der Waals surface area contributed by atoms with Crippen LogP contribution < -0.4 is 5.73 Å². The number of nitrogen functional groups attached to an aromatic ring is 1. The van der Waals surface area contributed by atoms with Crippen molar-refractivity contribution in [1.29, 1.82) is 10.5 Å². The second-order valence-corrected chi connectivity index (χ2v) is 3.62. The van der Waals surface area contributed by atoms with Crippen molar-refractivity contribution >= 4 is 17.3 Å². The first-order chi connectivity index (χ1) is 8.19. The van der Waals surface area contributed by atoms with E-state index in [1.54, 1.807) is 18.2 Å². The first-order valence-electron chi connectivity index (χ1n) is 4.61. The Bertz CT molecular complexity index is 639. The minimum atomic E-state index is 0.0480. The average molecular weight is 244 g/mol. The van der Waals surface area contributed by atoms with Crippen molar-refractivity contribution in [3.8, 4) is 17.8 Å². The van der Waals surface area contributed by atoms with Crippen molar-refractivity contribution in [1.82, 2.24) is 9.55 Å². The molecule has 2 N–H and O–H groups in total. The van der Waals surface area contributed by atoms with Crippen LogP contribution in [0.25, 0.3) is 5.69 Å². The van der Waals surface area contributed by atoms with E-state index in [9.17, 15) is 0 Å². The lowest BCUT2D eigenvalue weighted by Gasteiger charge is -2.09. The van der Waals surface area contributed by atoms with Gasteiger partial charge in [-0.25, -0.2) is 4.98 Å². The predicted molar refractivity (Wildman–Crippen MR) is 62.4 cm³/mol. The van der Waals surface area contributed by atoms with Gasteiger partial charge in [-0.3, -0.25) is 4.57 Å². The molecule has 0 atom stereocenters. The molecule has 1 aromatic heterocycles. The number of rotatable bonds is 1. The Hall–Kier alpha value is -2.50. The van der Waals surface area contributed by atoms with Crippen molar-refractivity contribution in [3.05, 3.63) is 40.9 Å². The fraction of sp³-hybridized carbons (Fsp3) is 0. The number of nitrogens with zero attached hydrogens (tertiary/aromatic N) is 4. The van der Waals surface area contributed by atoms with Crippen molar-refractivity contribution in [2.24, 2.45) is 0 Å². The van der Waals surface area contributed by atoms with E-state index >= 15 is 0 Å². The van der Waals surface area contributed by atoms with E-state index in [0.29, 0.717) is 16.4 Å². The van der Waals surface area contributed by atoms with Crippen molar-refractivity contribution in [2.75, 3.05) is 5.73 Å². The number of imidazole rings is 1. The maximum Gasteiger partial charge on any atom is 0.177 e. The summed E-state index contributed by atoms with van der Waals surface area (Å²) in [6.45, 7) is 0. The monoisotopic (exact) mass is 243 g/mol. The lowest BCUT2D eigenvalue weighted by Crippen LogP contribution is -2.02. The lowest BCUT2D eigenvalue weighted by molar-refractivity contribution is 1.04. The molecule has 2 rings (SSSR count). The molecule has 0 saturated carbocycles. The summed E-state index contributed by atoms with van der Waals surface area (Å²) in [5.41, 5.74) is 6.84. The fourth-order valence-corrected chi connectivity index (χ4v) is 1.77. The van der Waals surface area contributed by atoms with Crippen molar-refractivity contribution in [3.63, 3.8) is 0 Å². The van der Waals surface area contributed by atoms with Crippen LogP contribution in [-0.2, 0) is 0 Å². The summed E-state index contributed by atoms with van der Waals surface area (Å²) in [7, 11) is 0. The second-order valence-electron chi connectivity index (χ2n) is 3.21. The molecular formula is C11H6ClN5. The largest absolute Gasteiger partial charge is 0.397 e. The van der Waals surface area contributed by atoms with Crippen molar-refractivity contribution in [2.45, 2.75) is 0 Å². The zero-order valence-corrected chi connectivity index (χ0v) is 9.31. The number of hydrogen-bond acceptors (Lipinski definition) is 4. The van der Waals surface area contributed by atoms with E-state index in [1.807, 2.05) is 12.1 Å². The first-order valence-corrected chi connectivity index (χ1v) is 4.98. The van der Waals surface area contributed by atoms with E-state index in [2.05, 4.69) is 4.98 Å². The van der Waals surface area contributed by atoms with Crippen LogP contribution >= 0.6 is 11.6 Å². The normalized spacial score (nSPS) is 9.59. The second kappa shape index (κ2) is 4.17. The molecule has 0 fully saturated rings. The summed E-state index contributed by atoms with van der Waals surface area (Å²) in [5.74, 6) is 0. The molecule has 6 heteroatoms. The number of nitrogens with two attached hydrogens (primary N) is 1. The molecule has 0 saturated heterocycles. The van der Waals surface area contributed by atoms with Crippen LogP contribution in [0.3, 0.4) is 0 Å². The Labute approximate surface area is 102 Å². The van der Waals surface area contributed by atoms with E-state index in [1.165, 1.54) is 10.9 Å². The highest BCUT2D eigenvalue weighted by molar-refractivity contribution is 6.33. The molecule has 2 aromatic rings. The smallest absolute Gasteiger partial charge is 0.177 e. The molecule has 0 aliphatic heterocycles. The maximum absolute atomic E-state index is 9.02. The Kier molecular flexibility index (Phi) is 2.70. The number of benzene rings is 1. The van der Waals surface area contributed by atoms with Gasteiger partial charge in [0.25, 0.3) is 0 Å². The molecule has 0 unspecified atom stereocenters. The van der Waals surface area contributed by atoms with Crippen molar-refractivity contribution < 1.29 is 0 Å². The molecule has 1 aromatic carbocycles. The zero-order valence-electron chi connectivity index (χ0n) is 8.55. The summed E-state index contributed by atoms with van der Waals surface area (Å²) in [6, 6.07) is 8.77. The van der Waals surface area contributed by atoms with Gasteiger partial charge in [-0.2, -0.15) is 10.5 Å². The third-order valence-corrected chi connectivity index (χ3v) is 2.54. The van der Waals surface area contributed by atoms with E-state index < -0.39 is 0 Å². The van der Waals surface area contributed by atoms with Gasteiger partial charge in [0.2, 0.25) is 0 Å². The highest BCUT2D eigenvalue weighted by Crippen LogP contribution is 2.27. The molecule has 82 valence electrons. The Morgan fingerprint density at radius 2 is 2.06 bits per heavy atom. The van der Waals surface area contributed by atoms with Gasteiger partial charge in [0, 0.05) is 0 Å². The number of anilines is 1. The van der Waals surface area contributed by atoms with Gasteiger partial charge in [-0.1, -0.05) is 17.7 Å². The minimum Gasteiger partial charge on any atom is -0.397 e. The number of nitriles is 2. The maximum atomic E-state index is 9.02. The standard InChI is InChI=1S/C11H6ClN5/c12-7-2-1-3-8(15)11(7)17-6-16-9(4-13)10(17)5-14/h1-3,6H,15H2. The third kappa shape index (κ3) is 1.69. The van der Waals surface area contributed by atoms with Gasteiger partial charge in [0.15, 0.2) is 11.4 Å². The number of hydrogen-bond donors (Lipinski definition) is 1. The number of aromatic nitrogens is 2. The molecule has 0 spiro atoms. The highest BCUT2D eigenvalue weighted by atomic mass is 35.5. The number of halogens is 1. The van der Waals surface area contributed by atoms with Crippen LogP contribution in [0.1, 0.15) is 11.4 Å². The number of para-hydroxylation sites is 1. The summed E-state index contributed by atoms with van der Waals surface area (Å²) in [5, 5.41) is 18.2. The fourth-order valence-electron chi connectivity index (χ4n) is 1.49. The quantitative estimate of drug-likeness (QED) is 0.774. The SMILES string of the molecule is N#Cc1ncn(-c2c(N)cccc2Cl)c1C#N. The van der Waals surface area contributed by atoms with Crippen LogP contribution in [0.4, 0.5) is 5.69 Å². The molecule has 5 nitrogen and oxygen atoms in total. The Balaban J connectivity index is 2.75. The summed E-state index contributed by atoms with van der Waals surface area (Å²) < 4.78 is 1.41. The first kappa shape index (κ1) is 11.0.